The number of nitrogens with two attached hydrogens (primary N) is 1. The molecule has 1 aromatic carbocycles. The average molecular weight is 377 g/mol. The Bertz CT molecular complexity index is 439. The predicted octanol–water partition coefficient (Wildman–Crippen LogP) is 2.87. The zero-order valence-corrected chi connectivity index (χ0v) is 14.5. The minimum atomic E-state index is 0. The van der Waals surface area contributed by atoms with E-state index in [1.54, 1.807) is 0 Å². The molecule has 0 saturated carbocycles. The molecule has 6 heteroatoms. The fourth-order valence-corrected chi connectivity index (χ4v) is 2.97. The highest BCUT2D eigenvalue weighted by molar-refractivity contribution is 9.10. The van der Waals surface area contributed by atoms with Crippen molar-refractivity contribution in [1.82, 2.24) is 4.90 Å². The molecular formula is C15H23BrClN3O. The molecule has 0 aliphatic carbocycles. The molecule has 1 saturated heterocycles. The van der Waals surface area contributed by atoms with Gasteiger partial charge in [0.1, 0.15) is 0 Å². The monoisotopic (exact) mass is 375 g/mol. The van der Waals surface area contributed by atoms with Crippen molar-refractivity contribution in [3.8, 4) is 0 Å². The summed E-state index contributed by atoms with van der Waals surface area (Å²) in [4.78, 5) is 14.3. The van der Waals surface area contributed by atoms with Gasteiger partial charge in [0.2, 0.25) is 5.91 Å². The van der Waals surface area contributed by atoms with Crippen LogP contribution in [0.2, 0.25) is 0 Å². The molecule has 0 bridgehead atoms. The number of nitrogens with zero attached hydrogens (tertiary/aromatic N) is 1. The van der Waals surface area contributed by atoms with Gasteiger partial charge >= 0.3 is 0 Å². The van der Waals surface area contributed by atoms with Gasteiger partial charge in [0, 0.05) is 16.7 Å². The largest absolute Gasteiger partial charge is 0.330 e. The van der Waals surface area contributed by atoms with Gasteiger partial charge in [-0.05, 0) is 62.5 Å². The quantitative estimate of drug-likeness (QED) is 0.831. The smallest absolute Gasteiger partial charge is 0.238 e. The van der Waals surface area contributed by atoms with Crippen LogP contribution in [0.15, 0.2) is 28.7 Å². The third-order valence-corrected chi connectivity index (χ3v) is 4.20. The molecule has 1 fully saturated rings. The second kappa shape index (κ2) is 9.41. The van der Waals surface area contributed by atoms with Crippen molar-refractivity contribution in [3.63, 3.8) is 0 Å². The molecule has 2 rings (SSSR count). The summed E-state index contributed by atoms with van der Waals surface area (Å²) in [5.74, 6) is 0.704. The number of carbonyl (C=O) groups is 1. The molecule has 4 nitrogen and oxygen atoms in total. The molecule has 1 heterocycles. The van der Waals surface area contributed by atoms with Crippen molar-refractivity contribution in [2.24, 2.45) is 11.7 Å². The number of rotatable bonds is 5. The van der Waals surface area contributed by atoms with E-state index >= 15 is 0 Å². The molecule has 1 aromatic rings. The van der Waals surface area contributed by atoms with E-state index in [4.69, 9.17) is 5.73 Å². The van der Waals surface area contributed by atoms with Crippen molar-refractivity contribution in [2.45, 2.75) is 19.3 Å². The Morgan fingerprint density at radius 2 is 2.10 bits per heavy atom. The maximum absolute atomic E-state index is 12.0. The fraction of sp³-hybridized carbons (Fsp3) is 0.533. The lowest BCUT2D eigenvalue weighted by Gasteiger charge is -2.32. The highest BCUT2D eigenvalue weighted by atomic mass is 79.9. The van der Waals surface area contributed by atoms with E-state index in [1.807, 2.05) is 24.3 Å². The highest BCUT2D eigenvalue weighted by Crippen LogP contribution is 2.19. The molecule has 118 valence electrons. The minimum absolute atomic E-state index is 0. The van der Waals surface area contributed by atoms with Crippen LogP contribution in [0.5, 0.6) is 0 Å². The second-order valence-electron chi connectivity index (χ2n) is 5.38. The second-order valence-corrected chi connectivity index (χ2v) is 6.29. The van der Waals surface area contributed by atoms with Crippen LogP contribution in [0.25, 0.3) is 0 Å². The van der Waals surface area contributed by atoms with Gasteiger partial charge in [-0.2, -0.15) is 0 Å². The first-order valence-corrected chi connectivity index (χ1v) is 7.94. The number of halogens is 2. The number of benzene rings is 1. The number of anilines is 1. The van der Waals surface area contributed by atoms with Crippen molar-refractivity contribution in [2.75, 3.05) is 31.5 Å². The maximum atomic E-state index is 12.0. The number of nitrogens with one attached hydrogen (secondary N) is 1. The third kappa shape index (κ3) is 6.34. The minimum Gasteiger partial charge on any atom is -0.330 e. The molecule has 1 amide bonds. The Balaban J connectivity index is 0.00000220. The summed E-state index contributed by atoms with van der Waals surface area (Å²) in [6.07, 6.45) is 3.46. The molecule has 3 N–H and O–H groups in total. The van der Waals surface area contributed by atoms with Gasteiger partial charge in [0.05, 0.1) is 6.54 Å². The van der Waals surface area contributed by atoms with Gasteiger partial charge in [-0.25, -0.2) is 0 Å². The Labute approximate surface area is 141 Å². The topological polar surface area (TPSA) is 58.4 Å². The van der Waals surface area contributed by atoms with E-state index in [9.17, 15) is 4.79 Å². The van der Waals surface area contributed by atoms with E-state index in [1.165, 1.54) is 6.42 Å². The molecule has 1 aliphatic heterocycles. The van der Waals surface area contributed by atoms with Gasteiger partial charge in [-0.3, -0.25) is 9.69 Å². The number of carbonyl (C=O) groups excluding carboxylic acids is 1. The fourth-order valence-electron chi connectivity index (χ4n) is 2.70. The van der Waals surface area contributed by atoms with Crippen LogP contribution in [0.1, 0.15) is 19.3 Å². The SMILES string of the molecule is Cl.NCCC1CCCN(CC(=O)Nc2ccc(Br)cc2)C1. The van der Waals surface area contributed by atoms with Gasteiger partial charge in [0.25, 0.3) is 0 Å². The van der Waals surface area contributed by atoms with Crippen LogP contribution in [0.3, 0.4) is 0 Å². The van der Waals surface area contributed by atoms with E-state index in [-0.39, 0.29) is 18.3 Å². The van der Waals surface area contributed by atoms with E-state index in [0.717, 1.165) is 42.6 Å². The highest BCUT2D eigenvalue weighted by Gasteiger charge is 2.20. The van der Waals surface area contributed by atoms with Crippen LogP contribution < -0.4 is 11.1 Å². The summed E-state index contributed by atoms with van der Waals surface area (Å²) >= 11 is 3.38. The van der Waals surface area contributed by atoms with Crippen LogP contribution in [-0.4, -0.2) is 37.0 Å². The first-order valence-electron chi connectivity index (χ1n) is 7.15. The summed E-state index contributed by atoms with van der Waals surface area (Å²) in [7, 11) is 0. The Morgan fingerprint density at radius 3 is 2.76 bits per heavy atom. The van der Waals surface area contributed by atoms with Crippen molar-refractivity contribution in [1.29, 1.82) is 0 Å². The van der Waals surface area contributed by atoms with Gasteiger partial charge in [-0.15, -0.1) is 12.4 Å². The lowest BCUT2D eigenvalue weighted by atomic mass is 9.95. The van der Waals surface area contributed by atoms with Crippen molar-refractivity contribution in [3.05, 3.63) is 28.7 Å². The molecule has 0 radical (unpaired) electrons. The van der Waals surface area contributed by atoms with Crippen LogP contribution in [-0.2, 0) is 4.79 Å². The summed E-state index contributed by atoms with van der Waals surface area (Å²) in [6, 6.07) is 7.65. The maximum Gasteiger partial charge on any atom is 0.238 e. The van der Waals surface area contributed by atoms with Gasteiger partial charge < -0.3 is 11.1 Å². The average Bonchev–Trinajstić information content (AvgIpc) is 2.42. The summed E-state index contributed by atoms with van der Waals surface area (Å²) in [6.45, 7) is 3.21. The van der Waals surface area contributed by atoms with Crippen LogP contribution in [0.4, 0.5) is 5.69 Å². The normalized spacial score (nSPS) is 18.9. The summed E-state index contributed by atoms with van der Waals surface area (Å²) in [5, 5.41) is 2.94. The van der Waals surface area contributed by atoms with Crippen LogP contribution in [0, 0.1) is 5.92 Å². The van der Waals surface area contributed by atoms with E-state index in [2.05, 4.69) is 26.1 Å². The Hall–Kier alpha value is -0.620. The Morgan fingerprint density at radius 1 is 1.38 bits per heavy atom. The molecule has 21 heavy (non-hydrogen) atoms. The summed E-state index contributed by atoms with van der Waals surface area (Å²) in [5.41, 5.74) is 6.46. The van der Waals surface area contributed by atoms with Crippen LogP contribution >= 0.6 is 28.3 Å². The van der Waals surface area contributed by atoms with Gasteiger partial charge in [0.15, 0.2) is 0 Å². The third-order valence-electron chi connectivity index (χ3n) is 3.67. The van der Waals surface area contributed by atoms with Crippen molar-refractivity contribution >= 4 is 39.9 Å². The number of likely N-dealkylation sites (tertiary alicyclic amines) is 1. The predicted molar refractivity (Wildman–Crippen MR) is 92.9 cm³/mol. The first-order chi connectivity index (χ1) is 9.67. The molecule has 1 atom stereocenters. The zero-order valence-electron chi connectivity index (χ0n) is 12.1. The zero-order chi connectivity index (χ0) is 14.4. The van der Waals surface area contributed by atoms with E-state index in [0.29, 0.717) is 12.5 Å². The Kier molecular flexibility index (Phi) is 8.26. The number of piperidine rings is 1. The van der Waals surface area contributed by atoms with E-state index < -0.39 is 0 Å². The van der Waals surface area contributed by atoms with Gasteiger partial charge in [-0.1, -0.05) is 15.9 Å². The molecule has 1 unspecified atom stereocenters. The number of amides is 1. The molecule has 0 spiro atoms. The molecular weight excluding hydrogens is 354 g/mol. The first kappa shape index (κ1) is 18.4. The molecule has 0 aromatic heterocycles. The number of hydrogen-bond donors (Lipinski definition) is 2. The molecule has 1 aliphatic rings. The lowest BCUT2D eigenvalue weighted by Crippen LogP contribution is -2.40. The standard InChI is InChI=1S/C15H22BrN3O.ClH/c16-13-3-5-14(6-4-13)18-15(20)11-19-9-1-2-12(10-19)7-8-17;/h3-6,12H,1-2,7-11,17H2,(H,18,20);1H. The lowest BCUT2D eigenvalue weighted by molar-refractivity contribution is -0.117. The summed E-state index contributed by atoms with van der Waals surface area (Å²) < 4.78 is 1.01. The number of hydrogen-bond acceptors (Lipinski definition) is 3. The van der Waals surface area contributed by atoms with Crippen molar-refractivity contribution < 1.29 is 4.79 Å².